The van der Waals surface area contributed by atoms with Gasteiger partial charge in [-0.25, -0.2) is 0 Å². The maximum atomic E-state index is 11.5. The van der Waals surface area contributed by atoms with Crippen LogP contribution < -0.4 is 0 Å². The van der Waals surface area contributed by atoms with E-state index in [1.165, 1.54) is 5.57 Å². The van der Waals surface area contributed by atoms with Crippen LogP contribution in [0.25, 0.3) is 0 Å². The molecule has 0 saturated carbocycles. The van der Waals surface area contributed by atoms with Crippen molar-refractivity contribution in [1.29, 1.82) is 0 Å². The van der Waals surface area contributed by atoms with Gasteiger partial charge in [0, 0.05) is 13.1 Å². The number of carbonyl (C=O) groups excluding carboxylic acids is 1. The topological polar surface area (TPSA) is 40.5 Å². The fourth-order valence-corrected chi connectivity index (χ4v) is 1.48. The number of nitrogens with zero attached hydrogens (tertiary/aromatic N) is 1. The number of hydrogen-bond donors (Lipinski definition) is 1. The van der Waals surface area contributed by atoms with Crippen molar-refractivity contribution in [3.63, 3.8) is 0 Å². The van der Waals surface area contributed by atoms with Crippen molar-refractivity contribution >= 4 is 5.91 Å². The van der Waals surface area contributed by atoms with Crippen LogP contribution in [0.4, 0.5) is 0 Å². The van der Waals surface area contributed by atoms with Crippen molar-refractivity contribution < 1.29 is 9.90 Å². The lowest BCUT2D eigenvalue weighted by Gasteiger charge is -2.27. The molecule has 0 radical (unpaired) electrons. The molecule has 0 aliphatic carbocycles. The molecule has 13 heavy (non-hydrogen) atoms. The van der Waals surface area contributed by atoms with Gasteiger partial charge in [-0.1, -0.05) is 18.6 Å². The molecule has 0 fully saturated rings. The fraction of sp³-hybridized carbons (Fsp3) is 0.700. The van der Waals surface area contributed by atoms with Gasteiger partial charge < -0.3 is 10.0 Å². The maximum absolute atomic E-state index is 11.5. The van der Waals surface area contributed by atoms with Crippen LogP contribution in [-0.2, 0) is 4.79 Å². The van der Waals surface area contributed by atoms with Crippen molar-refractivity contribution in [2.75, 3.05) is 13.1 Å². The van der Waals surface area contributed by atoms with E-state index in [9.17, 15) is 9.90 Å². The third-order valence-electron chi connectivity index (χ3n) is 2.32. The monoisotopic (exact) mass is 183 g/mol. The molecule has 0 aromatic heterocycles. The molecule has 1 atom stereocenters. The summed E-state index contributed by atoms with van der Waals surface area (Å²) in [5, 5.41) is 9.35. The highest BCUT2D eigenvalue weighted by Gasteiger charge is 2.21. The highest BCUT2D eigenvalue weighted by molar-refractivity contribution is 5.81. The van der Waals surface area contributed by atoms with E-state index >= 15 is 0 Å². The van der Waals surface area contributed by atoms with Crippen LogP contribution in [0, 0.1) is 0 Å². The zero-order valence-corrected chi connectivity index (χ0v) is 8.29. The first kappa shape index (κ1) is 10.3. The standard InChI is InChI=1S/C10H17NO2/c1-3-9(12)10(13)11-6-4-5-8(2)7-11/h5,9,12H,3-4,6-7H2,1-2H3. The number of amides is 1. The van der Waals surface area contributed by atoms with Gasteiger partial charge in [0.2, 0.25) is 0 Å². The second kappa shape index (κ2) is 4.42. The molecule has 1 unspecified atom stereocenters. The van der Waals surface area contributed by atoms with Crippen LogP contribution in [0.15, 0.2) is 11.6 Å². The number of aliphatic hydroxyl groups excluding tert-OH is 1. The van der Waals surface area contributed by atoms with E-state index in [1.807, 2.05) is 13.8 Å². The Morgan fingerprint density at radius 2 is 2.46 bits per heavy atom. The summed E-state index contributed by atoms with van der Waals surface area (Å²) >= 11 is 0. The molecule has 0 saturated heterocycles. The number of carbonyl (C=O) groups is 1. The summed E-state index contributed by atoms with van der Waals surface area (Å²) in [5.41, 5.74) is 1.21. The van der Waals surface area contributed by atoms with Gasteiger partial charge in [-0.05, 0) is 19.8 Å². The van der Waals surface area contributed by atoms with Crippen molar-refractivity contribution in [1.82, 2.24) is 4.90 Å². The highest BCUT2D eigenvalue weighted by Crippen LogP contribution is 2.10. The lowest BCUT2D eigenvalue weighted by molar-refractivity contribution is -0.140. The normalized spacial score (nSPS) is 19.6. The third kappa shape index (κ3) is 2.56. The van der Waals surface area contributed by atoms with Gasteiger partial charge in [0.25, 0.3) is 5.91 Å². The van der Waals surface area contributed by atoms with E-state index in [0.29, 0.717) is 13.0 Å². The van der Waals surface area contributed by atoms with Crippen LogP contribution >= 0.6 is 0 Å². The summed E-state index contributed by atoms with van der Waals surface area (Å²) < 4.78 is 0. The van der Waals surface area contributed by atoms with Crippen LogP contribution in [0.2, 0.25) is 0 Å². The summed E-state index contributed by atoms with van der Waals surface area (Å²) in [6.45, 7) is 5.25. The van der Waals surface area contributed by atoms with Gasteiger partial charge in [0.05, 0.1) is 0 Å². The minimum atomic E-state index is -0.814. The zero-order valence-electron chi connectivity index (χ0n) is 8.29. The molecule has 1 aliphatic heterocycles. The summed E-state index contributed by atoms with van der Waals surface area (Å²) in [5.74, 6) is -0.130. The summed E-state index contributed by atoms with van der Waals surface area (Å²) in [6, 6.07) is 0. The van der Waals surface area contributed by atoms with Gasteiger partial charge in [-0.2, -0.15) is 0 Å². The van der Waals surface area contributed by atoms with Crippen LogP contribution in [0.1, 0.15) is 26.7 Å². The second-order valence-electron chi connectivity index (χ2n) is 3.52. The number of hydrogen-bond acceptors (Lipinski definition) is 2. The Bertz CT molecular complexity index is 223. The second-order valence-corrected chi connectivity index (χ2v) is 3.52. The Kier molecular flexibility index (Phi) is 3.48. The predicted molar refractivity (Wildman–Crippen MR) is 51.3 cm³/mol. The Balaban J connectivity index is 2.53. The van der Waals surface area contributed by atoms with Gasteiger partial charge >= 0.3 is 0 Å². The molecule has 0 bridgehead atoms. The largest absolute Gasteiger partial charge is 0.383 e. The fourth-order valence-electron chi connectivity index (χ4n) is 1.48. The maximum Gasteiger partial charge on any atom is 0.251 e. The molecule has 74 valence electrons. The van der Waals surface area contributed by atoms with E-state index in [4.69, 9.17) is 0 Å². The quantitative estimate of drug-likeness (QED) is 0.647. The van der Waals surface area contributed by atoms with E-state index < -0.39 is 6.10 Å². The molecule has 3 nitrogen and oxygen atoms in total. The van der Waals surface area contributed by atoms with Crippen molar-refractivity contribution in [2.24, 2.45) is 0 Å². The number of aliphatic hydroxyl groups is 1. The molecule has 1 N–H and O–H groups in total. The molecule has 1 rings (SSSR count). The molecule has 0 spiro atoms. The molecule has 0 aromatic rings. The minimum Gasteiger partial charge on any atom is -0.383 e. The Morgan fingerprint density at radius 1 is 1.77 bits per heavy atom. The summed E-state index contributed by atoms with van der Waals surface area (Å²) in [4.78, 5) is 13.2. The smallest absolute Gasteiger partial charge is 0.251 e. The number of rotatable bonds is 2. The highest BCUT2D eigenvalue weighted by atomic mass is 16.3. The minimum absolute atomic E-state index is 0.130. The van der Waals surface area contributed by atoms with Gasteiger partial charge in [0.1, 0.15) is 6.10 Å². The molecule has 1 heterocycles. The molecular formula is C10H17NO2. The van der Waals surface area contributed by atoms with Crippen LogP contribution in [0.3, 0.4) is 0 Å². The Morgan fingerprint density at radius 3 is 3.00 bits per heavy atom. The Labute approximate surface area is 79.0 Å². The van der Waals surface area contributed by atoms with Gasteiger partial charge in [-0.15, -0.1) is 0 Å². The molecule has 0 aromatic carbocycles. The van der Waals surface area contributed by atoms with Gasteiger partial charge in [0.15, 0.2) is 0 Å². The first-order chi connectivity index (χ1) is 6.15. The predicted octanol–water partition coefficient (Wildman–Crippen LogP) is 0.936. The first-order valence-corrected chi connectivity index (χ1v) is 4.77. The van der Waals surface area contributed by atoms with E-state index in [0.717, 1.165) is 13.0 Å². The van der Waals surface area contributed by atoms with Crippen molar-refractivity contribution in [3.05, 3.63) is 11.6 Å². The van der Waals surface area contributed by atoms with Crippen molar-refractivity contribution in [3.8, 4) is 0 Å². The lowest BCUT2D eigenvalue weighted by atomic mass is 10.1. The van der Waals surface area contributed by atoms with E-state index in [2.05, 4.69) is 6.08 Å². The molecule has 3 heteroatoms. The molecule has 1 aliphatic rings. The summed E-state index contributed by atoms with van der Waals surface area (Å²) in [6.07, 6.45) is 2.74. The third-order valence-corrected chi connectivity index (χ3v) is 2.32. The molecule has 1 amide bonds. The zero-order chi connectivity index (χ0) is 9.84. The SMILES string of the molecule is CCC(O)C(=O)N1CCC=C(C)C1. The van der Waals surface area contributed by atoms with Gasteiger partial charge in [-0.3, -0.25) is 4.79 Å². The van der Waals surface area contributed by atoms with E-state index in [1.54, 1.807) is 4.90 Å². The van der Waals surface area contributed by atoms with Crippen LogP contribution in [0.5, 0.6) is 0 Å². The Hall–Kier alpha value is -0.830. The van der Waals surface area contributed by atoms with E-state index in [-0.39, 0.29) is 5.91 Å². The molecular weight excluding hydrogens is 166 g/mol. The average molecular weight is 183 g/mol. The summed E-state index contributed by atoms with van der Waals surface area (Å²) in [7, 11) is 0. The van der Waals surface area contributed by atoms with Crippen LogP contribution in [-0.4, -0.2) is 35.1 Å². The average Bonchev–Trinajstić information content (AvgIpc) is 2.15. The first-order valence-electron chi connectivity index (χ1n) is 4.77. The lowest BCUT2D eigenvalue weighted by Crippen LogP contribution is -2.41. The van der Waals surface area contributed by atoms with Crippen molar-refractivity contribution in [2.45, 2.75) is 32.8 Å².